The van der Waals surface area contributed by atoms with Gasteiger partial charge in [-0.1, -0.05) is 13.3 Å². The fourth-order valence-electron chi connectivity index (χ4n) is 0.887. The monoisotopic (exact) mass is 169 g/mol. The summed E-state index contributed by atoms with van der Waals surface area (Å²) in [7, 11) is 1.98. The molecule has 0 saturated carbocycles. The van der Waals surface area contributed by atoms with Gasteiger partial charge in [0.05, 0.1) is 6.54 Å². The molecule has 0 bridgehead atoms. The molecule has 12 heavy (non-hydrogen) atoms. The summed E-state index contributed by atoms with van der Waals surface area (Å²) in [6.45, 7) is 5.42. The first kappa shape index (κ1) is 13.8. The molecule has 0 heterocycles. The number of likely N-dealkylation sites (N-methyl/N-ethyl adjacent to an activating group) is 1. The van der Waals surface area contributed by atoms with Crippen molar-refractivity contribution in [2.24, 2.45) is 0 Å². The second-order valence-corrected chi connectivity index (χ2v) is 2.79. The molecule has 0 aliphatic rings. The van der Waals surface area contributed by atoms with Gasteiger partial charge in [-0.05, 0) is 26.9 Å². The zero-order valence-corrected chi connectivity index (χ0v) is 8.34. The van der Waals surface area contributed by atoms with Crippen LogP contribution in [0.4, 0.5) is 0 Å². The normalized spacial score (nSPS) is 8.83. The molecule has 0 unspecified atom stereocenters. The van der Waals surface area contributed by atoms with Crippen molar-refractivity contribution in [3.05, 3.63) is 0 Å². The molecule has 0 amide bonds. The van der Waals surface area contributed by atoms with Crippen LogP contribution in [0.1, 0.15) is 26.7 Å². The van der Waals surface area contributed by atoms with E-state index >= 15 is 0 Å². The number of rotatable bonds is 5. The fraction of sp³-hybridized carbons (Fsp3) is 0.700. The van der Waals surface area contributed by atoms with E-state index < -0.39 is 0 Å². The number of carbonyl (C=O) groups excluding carboxylic acids is 1. The summed E-state index contributed by atoms with van der Waals surface area (Å²) in [5.41, 5.74) is 0. The number of unbranched alkanes of at least 4 members (excludes halogenated alkanes) is 1. The number of hydrogen-bond donors (Lipinski definition) is 0. The van der Waals surface area contributed by atoms with Crippen molar-refractivity contribution in [1.82, 2.24) is 4.90 Å². The second-order valence-electron chi connectivity index (χ2n) is 2.79. The highest BCUT2D eigenvalue weighted by Gasteiger charge is 1.98. The number of Topliss-reactive ketones (excluding diaryl/α,β-unsaturated/α-hetero) is 1. The van der Waals surface area contributed by atoms with Gasteiger partial charge in [-0.3, -0.25) is 9.69 Å². The minimum Gasteiger partial charge on any atom is -0.299 e. The van der Waals surface area contributed by atoms with Gasteiger partial charge in [-0.15, -0.1) is 12.8 Å². The topological polar surface area (TPSA) is 20.3 Å². The molecule has 0 aliphatic carbocycles. The molecule has 0 aliphatic heterocycles. The van der Waals surface area contributed by atoms with E-state index in [-0.39, 0.29) is 5.78 Å². The Labute approximate surface area is 76.0 Å². The summed E-state index contributed by atoms with van der Waals surface area (Å²) >= 11 is 0. The molecule has 2 nitrogen and oxygen atoms in total. The van der Waals surface area contributed by atoms with Crippen LogP contribution in [-0.4, -0.2) is 30.8 Å². The van der Waals surface area contributed by atoms with Crippen LogP contribution in [0.3, 0.4) is 0 Å². The molecule has 0 N–H and O–H groups in total. The van der Waals surface area contributed by atoms with Crippen LogP contribution in [0.15, 0.2) is 0 Å². The van der Waals surface area contributed by atoms with Gasteiger partial charge in [0.2, 0.25) is 0 Å². The van der Waals surface area contributed by atoms with Crippen molar-refractivity contribution in [3.8, 4) is 12.8 Å². The summed E-state index contributed by atoms with van der Waals surface area (Å²) in [6.07, 6.45) is 10.4. The Morgan fingerprint density at radius 2 is 1.92 bits per heavy atom. The third kappa shape index (κ3) is 11.9. The lowest BCUT2D eigenvalue weighted by atomic mass is 10.3. The Hall–Kier alpha value is -0.810. The van der Waals surface area contributed by atoms with E-state index in [9.17, 15) is 4.79 Å². The molecule has 0 radical (unpaired) electrons. The van der Waals surface area contributed by atoms with E-state index in [4.69, 9.17) is 0 Å². The molecule has 0 atom stereocenters. The van der Waals surface area contributed by atoms with Gasteiger partial charge < -0.3 is 0 Å². The minimum absolute atomic E-state index is 0.249. The molecule has 0 fully saturated rings. The molecular formula is C10H19NO. The predicted molar refractivity (Wildman–Crippen MR) is 53.0 cm³/mol. The van der Waals surface area contributed by atoms with Gasteiger partial charge in [0.25, 0.3) is 0 Å². The maximum Gasteiger partial charge on any atom is 0.143 e. The molecule has 70 valence electrons. The molecule has 0 rings (SSSR count). The van der Waals surface area contributed by atoms with E-state index in [1.165, 1.54) is 12.8 Å². The average molecular weight is 169 g/mol. The van der Waals surface area contributed by atoms with Crippen LogP contribution in [-0.2, 0) is 4.79 Å². The van der Waals surface area contributed by atoms with Gasteiger partial charge in [0.1, 0.15) is 5.78 Å². The number of terminal acetylenes is 1. The maximum atomic E-state index is 10.6. The summed E-state index contributed by atoms with van der Waals surface area (Å²) in [5.74, 6) is 0.249. The highest BCUT2D eigenvalue weighted by atomic mass is 16.1. The van der Waals surface area contributed by atoms with Gasteiger partial charge >= 0.3 is 0 Å². The number of ketones is 1. The lowest BCUT2D eigenvalue weighted by molar-refractivity contribution is -0.117. The summed E-state index contributed by atoms with van der Waals surface area (Å²) < 4.78 is 0. The Bertz CT molecular complexity index is 129. The Morgan fingerprint density at radius 3 is 2.25 bits per heavy atom. The van der Waals surface area contributed by atoms with E-state index in [2.05, 4.69) is 24.7 Å². The van der Waals surface area contributed by atoms with E-state index in [1.807, 2.05) is 7.05 Å². The predicted octanol–water partition coefficient (Wildman–Crippen LogP) is 1.56. The standard InChI is InChI=1S/C8H17NO.C2H2/c1-4-5-6-9(3)7-8(2)10;1-2/h4-7H2,1-3H3;1-2H. The fourth-order valence-corrected chi connectivity index (χ4v) is 0.887. The summed E-state index contributed by atoms with van der Waals surface area (Å²) in [6, 6.07) is 0. The van der Waals surface area contributed by atoms with Crippen molar-refractivity contribution < 1.29 is 4.79 Å². The van der Waals surface area contributed by atoms with Crippen molar-refractivity contribution in [2.45, 2.75) is 26.7 Å². The van der Waals surface area contributed by atoms with Gasteiger partial charge in [0.15, 0.2) is 0 Å². The minimum atomic E-state index is 0.249. The number of nitrogens with zero attached hydrogens (tertiary/aromatic N) is 1. The summed E-state index contributed by atoms with van der Waals surface area (Å²) in [5, 5.41) is 0. The quantitative estimate of drug-likeness (QED) is 0.582. The zero-order chi connectivity index (χ0) is 9.98. The van der Waals surface area contributed by atoms with E-state index in [0.717, 1.165) is 6.54 Å². The Kier molecular flexibility index (Phi) is 11.7. The third-order valence-electron chi connectivity index (χ3n) is 1.39. The van der Waals surface area contributed by atoms with Crippen LogP contribution in [0.25, 0.3) is 0 Å². The van der Waals surface area contributed by atoms with Crippen LogP contribution in [0, 0.1) is 12.8 Å². The lowest BCUT2D eigenvalue weighted by Gasteiger charge is -2.12. The van der Waals surface area contributed by atoms with Crippen LogP contribution in [0.2, 0.25) is 0 Å². The van der Waals surface area contributed by atoms with E-state index in [1.54, 1.807) is 6.92 Å². The average Bonchev–Trinajstić information content (AvgIpc) is 2.03. The van der Waals surface area contributed by atoms with Gasteiger partial charge in [-0.2, -0.15) is 0 Å². The molecule has 0 aromatic heterocycles. The molecule has 0 saturated heterocycles. The largest absolute Gasteiger partial charge is 0.299 e. The van der Waals surface area contributed by atoms with E-state index in [0.29, 0.717) is 6.54 Å². The summed E-state index contributed by atoms with van der Waals surface area (Å²) in [4.78, 5) is 12.6. The first-order valence-electron chi connectivity index (χ1n) is 4.18. The molecule has 0 aromatic rings. The Morgan fingerprint density at radius 1 is 1.42 bits per heavy atom. The molecular weight excluding hydrogens is 150 g/mol. The smallest absolute Gasteiger partial charge is 0.143 e. The third-order valence-corrected chi connectivity index (χ3v) is 1.39. The van der Waals surface area contributed by atoms with Crippen molar-refractivity contribution >= 4 is 5.78 Å². The maximum absolute atomic E-state index is 10.6. The highest BCUT2D eigenvalue weighted by Crippen LogP contribution is 1.90. The van der Waals surface area contributed by atoms with Crippen molar-refractivity contribution in [3.63, 3.8) is 0 Å². The van der Waals surface area contributed by atoms with Crippen molar-refractivity contribution in [1.29, 1.82) is 0 Å². The second kappa shape index (κ2) is 10.2. The van der Waals surface area contributed by atoms with Crippen molar-refractivity contribution in [2.75, 3.05) is 20.1 Å². The number of carbonyl (C=O) groups is 1. The van der Waals surface area contributed by atoms with Crippen LogP contribution in [0.5, 0.6) is 0 Å². The first-order valence-corrected chi connectivity index (χ1v) is 4.18. The molecule has 2 heteroatoms. The molecule has 0 aromatic carbocycles. The van der Waals surface area contributed by atoms with Gasteiger partial charge in [0, 0.05) is 0 Å². The Balaban J connectivity index is 0. The van der Waals surface area contributed by atoms with Gasteiger partial charge in [-0.25, -0.2) is 0 Å². The SMILES string of the molecule is C#C.CCCCN(C)CC(C)=O. The lowest BCUT2D eigenvalue weighted by Crippen LogP contribution is -2.25. The highest BCUT2D eigenvalue weighted by molar-refractivity contribution is 5.77. The zero-order valence-electron chi connectivity index (χ0n) is 8.34. The first-order chi connectivity index (χ1) is 5.66. The molecule has 0 spiro atoms. The van der Waals surface area contributed by atoms with Crippen LogP contribution < -0.4 is 0 Å². The van der Waals surface area contributed by atoms with Crippen LogP contribution >= 0.6 is 0 Å². The number of hydrogen-bond acceptors (Lipinski definition) is 2.